The first kappa shape index (κ1) is 15.5. The van der Waals surface area contributed by atoms with Crippen LogP contribution in [0.2, 0.25) is 0 Å². The van der Waals surface area contributed by atoms with Crippen LogP contribution in [0.5, 0.6) is 5.75 Å². The van der Waals surface area contributed by atoms with E-state index in [2.05, 4.69) is 0 Å². The minimum Gasteiger partial charge on any atom is -0.497 e. The maximum atomic E-state index is 12.2. The molecule has 0 amide bonds. The lowest BCUT2D eigenvalue weighted by Gasteiger charge is -2.26. The SMILES string of the molecule is COc1ccc2c(c1)[C@H](CC(=O)OC(C)(C)C)C(=O)CC2. The van der Waals surface area contributed by atoms with E-state index in [1.54, 1.807) is 7.11 Å². The molecule has 114 valence electrons. The molecule has 1 aromatic carbocycles. The number of fused-ring (bicyclic) bond motifs is 1. The van der Waals surface area contributed by atoms with E-state index in [1.807, 2.05) is 39.0 Å². The van der Waals surface area contributed by atoms with E-state index in [9.17, 15) is 9.59 Å². The normalized spacial score (nSPS) is 18.1. The lowest BCUT2D eigenvalue weighted by molar-refractivity contribution is -0.156. The van der Waals surface area contributed by atoms with E-state index in [1.165, 1.54) is 0 Å². The molecule has 4 heteroatoms. The Morgan fingerprint density at radius 1 is 1.29 bits per heavy atom. The molecule has 0 radical (unpaired) electrons. The van der Waals surface area contributed by atoms with Gasteiger partial charge in [0.1, 0.15) is 17.1 Å². The van der Waals surface area contributed by atoms with Gasteiger partial charge in [0.25, 0.3) is 0 Å². The molecule has 4 nitrogen and oxygen atoms in total. The number of ether oxygens (including phenoxy) is 2. The quantitative estimate of drug-likeness (QED) is 0.803. The molecule has 0 N–H and O–H groups in total. The van der Waals surface area contributed by atoms with Crippen LogP contribution in [0.1, 0.15) is 50.7 Å². The predicted molar refractivity (Wildman–Crippen MR) is 79.5 cm³/mol. The molecule has 0 bridgehead atoms. The lowest BCUT2D eigenvalue weighted by atomic mass is 9.80. The van der Waals surface area contributed by atoms with Crippen LogP contribution in [0, 0.1) is 0 Å². The van der Waals surface area contributed by atoms with Gasteiger partial charge >= 0.3 is 5.97 Å². The van der Waals surface area contributed by atoms with Crippen molar-refractivity contribution in [3.8, 4) is 5.75 Å². The number of ketones is 1. The highest BCUT2D eigenvalue weighted by atomic mass is 16.6. The molecule has 21 heavy (non-hydrogen) atoms. The summed E-state index contributed by atoms with van der Waals surface area (Å²) in [5, 5.41) is 0. The Kier molecular flexibility index (Phi) is 4.35. The van der Waals surface area contributed by atoms with Gasteiger partial charge in [0.2, 0.25) is 0 Å². The van der Waals surface area contributed by atoms with Gasteiger partial charge in [-0.3, -0.25) is 9.59 Å². The maximum absolute atomic E-state index is 12.2. The molecular weight excluding hydrogens is 268 g/mol. The molecule has 0 fully saturated rings. The highest BCUT2D eigenvalue weighted by Gasteiger charge is 2.31. The summed E-state index contributed by atoms with van der Waals surface area (Å²) in [6, 6.07) is 5.73. The first-order chi connectivity index (χ1) is 9.80. The van der Waals surface area contributed by atoms with Crippen LogP contribution in [0.25, 0.3) is 0 Å². The van der Waals surface area contributed by atoms with Gasteiger partial charge in [0.05, 0.1) is 19.4 Å². The number of aryl methyl sites for hydroxylation is 1. The Morgan fingerprint density at radius 3 is 2.62 bits per heavy atom. The predicted octanol–water partition coefficient (Wildman–Crippen LogP) is 3.03. The molecule has 0 aliphatic heterocycles. The topological polar surface area (TPSA) is 52.6 Å². The summed E-state index contributed by atoms with van der Waals surface area (Å²) in [4.78, 5) is 24.2. The molecule has 1 atom stereocenters. The van der Waals surface area contributed by atoms with Crippen molar-refractivity contribution in [2.24, 2.45) is 0 Å². The maximum Gasteiger partial charge on any atom is 0.307 e. The Balaban J connectivity index is 2.23. The summed E-state index contributed by atoms with van der Waals surface area (Å²) < 4.78 is 10.6. The van der Waals surface area contributed by atoms with Crippen molar-refractivity contribution in [1.82, 2.24) is 0 Å². The average Bonchev–Trinajstić information content (AvgIpc) is 2.39. The van der Waals surface area contributed by atoms with E-state index in [0.717, 1.165) is 17.5 Å². The summed E-state index contributed by atoms with van der Waals surface area (Å²) in [5.74, 6) is 0.0504. The Morgan fingerprint density at radius 2 is 2.00 bits per heavy atom. The highest BCUT2D eigenvalue weighted by Crippen LogP contribution is 2.34. The van der Waals surface area contributed by atoms with Crippen LogP contribution >= 0.6 is 0 Å². The van der Waals surface area contributed by atoms with E-state index in [0.29, 0.717) is 12.2 Å². The zero-order valence-corrected chi connectivity index (χ0v) is 13.1. The summed E-state index contributed by atoms with van der Waals surface area (Å²) in [7, 11) is 1.59. The number of methoxy groups -OCH3 is 1. The third kappa shape index (κ3) is 3.84. The molecule has 1 aliphatic rings. The second-order valence-corrected chi connectivity index (χ2v) is 6.37. The second kappa shape index (κ2) is 5.88. The average molecular weight is 290 g/mol. The number of hydrogen-bond acceptors (Lipinski definition) is 4. The molecule has 1 aliphatic carbocycles. The highest BCUT2D eigenvalue weighted by molar-refractivity contribution is 5.91. The summed E-state index contributed by atoms with van der Waals surface area (Å²) in [5.41, 5.74) is 1.48. The van der Waals surface area contributed by atoms with Crippen molar-refractivity contribution < 1.29 is 19.1 Å². The minimum atomic E-state index is -0.536. The second-order valence-electron chi connectivity index (χ2n) is 6.37. The number of esters is 1. The van der Waals surface area contributed by atoms with Crippen molar-refractivity contribution in [3.05, 3.63) is 29.3 Å². The molecule has 0 saturated carbocycles. The monoisotopic (exact) mass is 290 g/mol. The zero-order chi connectivity index (χ0) is 15.6. The van der Waals surface area contributed by atoms with Crippen LogP contribution < -0.4 is 4.74 Å². The molecular formula is C17H22O4. The van der Waals surface area contributed by atoms with E-state index in [4.69, 9.17) is 9.47 Å². The summed E-state index contributed by atoms with van der Waals surface area (Å²) in [6.07, 6.45) is 1.30. The fourth-order valence-electron chi connectivity index (χ4n) is 2.63. The van der Waals surface area contributed by atoms with Gasteiger partial charge < -0.3 is 9.47 Å². The van der Waals surface area contributed by atoms with Gasteiger partial charge in [0.15, 0.2) is 0 Å². The molecule has 0 unspecified atom stereocenters. The van der Waals surface area contributed by atoms with Crippen LogP contribution in [0.4, 0.5) is 0 Å². The Hall–Kier alpha value is -1.84. The third-order valence-corrected chi connectivity index (χ3v) is 3.55. The van der Waals surface area contributed by atoms with Gasteiger partial charge in [-0.2, -0.15) is 0 Å². The van der Waals surface area contributed by atoms with Crippen molar-refractivity contribution in [2.45, 2.75) is 51.6 Å². The molecule has 2 rings (SSSR count). The van der Waals surface area contributed by atoms with Crippen molar-refractivity contribution in [2.75, 3.05) is 7.11 Å². The summed E-state index contributed by atoms with van der Waals surface area (Å²) in [6.45, 7) is 5.47. The third-order valence-electron chi connectivity index (χ3n) is 3.55. The first-order valence-electron chi connectivity index (χ1n) is 7.21. The van der Waals surface area contributed by atoms with E-state index < -0.39 is 11.5 Å². The van der Waals surface area contributed by atoms with Crippen molar-refractivity contribution in [1.29, 1.82) is 0 Å². The number of Topliss-reactive ketones (excluding diaryl/α,β-unsaturated/α-hetero) is 1. The molecule has 0 aromatic heterocycles. The smallest absolute Gasteiger partial charge is 0.307 e. The fraction of sp³-hybridized carbons (Fsp3) is 0.529. The number of carbonyl (C=O) groups excluding carboxylic acids is 2. The molecule has 0 spiro atoms. The van der Waals surface area contributed by atoms with Crippen LogP contribution in [-0.2, 0) is 20.7 Å². The van der Waals surface area contributed by atoms with Crippen molar-refractivity contribution in [3.63, 3.8) is 0 Å². The lowest BCUT2D eigenvalue weighted by Crippen LogP contribution is -2.28. The molecule has 0 saturated heterocycles. The van der Waals surface area contributed by atoms with Gasteiger partial charge in [0, 0.05) is 6.42 Å². The van der Waals surface area contributed by atoms with E-state index >= 15 is 0 Å². The number of carbonyl (C=O) groups is 2. The van der Waals surface area contributed by atoms with Crippen molar-refractivity contribution >= 4 is 11.8 Å². The standard InChI is InChI=1S/C17H22O4/c1-17(2,3)21-16(19)10-14-13-9-12(20-4)7-5-11(13)6-8-15(14)18/h5,7,9,14H,6,8,10H2,1-4H3/t14-/m0/s1. The fourth-order valence-corrected chi connectivity index (χ4v) is 2.63. The van der Waals surface area contributed by atoms with Gasteiger partial charge in [-0.05, 0) is 50.5 Å². The van der Waals surface area contributed by atoms with Gasteiger partial charge in [-0.25, -0.2) is 0 Å². The van der Waals surface area contributed by atoms with Crippen LogP contribution in [-0.4, -0.2) is 24.5 Å². The molecule has 1 aromatic rings. The van der Waals surface area contributed by atoms with Gasteiger partial charge in [-0.15, -0.1) is 0 Å². The molecule has 0 heterocycles. The van der Waals surface area contributed by atoms with Gasteiger partial charge in [-0.1, -0.05) is 6.07 Å². The largest absolute Gasteiger partial charge is 0.497 e. The van der Waals surface area contributed by atoms with E-state index in [-0.39, 0.29) is 18.2 Å². The number of hydrogen-bond donors (Lipinski definition) is 0. The number of benzene rings is 1. The minimum absolute atomic E-state index is 0.0935. The Bertz CT molecular complexity index is 554. The van der Waals surface area contributed by atoms with Crippen LogP contribution in [0.15, 0.2) is 18.2 Å². The summed E-state index contributed by atoms with van der Waals surface area (Å²) >= 11 is 0. The Labute approximate surface area is 125 Å². The number of rotatable bonds is 3. The first-order valence-corrected chi connectivity index (χ1v) is 7.21. The van der Waals surface area contributed by atoms with Crippen LogP contribution in [0.3, 0.4) is 0 Å². The zero-order valence-electron chi connectivity index (χ0n) is 13.1.